The lowest BCUT2D eigenvalue weighted by Crippen LogP contribution is -2.65. The van der Waals surface area contributed by atoms with Gasteiger partial charge in [0.05, 0.1) is 6.04 Å². The van der Waals surface area contributed by atoms with E-state index in [1.165, 1.54) is 0 Å². The Hall–Kier alpha value is -2.97. The first kappa shape index (κ1) is 17.4. The Labute approximate surface area is 153 Å². The Bertz CT molecular complexity index is 978. The molecule has 4 rings (SSSR count). The lowest BCUT2D eigenvalue weighted by Gasteiger charge is -2.48. The quantitative estimate of drug-likeness (QED) is 0.422. The van der Waals surface area contributed by atoms with Crippen LogP contribution in [0.4, 0.5) is 0 Å². The number of aliphatic hydroxyl groups excluding tert-OH is 2. The highest BCUT2D eigenvalue weighted by molar-refractivity contribution is 6.24. The molecule has 140 valence electrons. The number of carbonyl (C=O) groups is 3. The van der Waals surface area contributed by atoms with E-state index in [-0.39, 0.29) is 17.8 Å². The number of ketones is 2. The largest absolute Gasteiger partial charge is 0.508 e. The molecule has 0 aliphatic heterocycles. The number of primary amides is 1. The standard InChI is InChI=1S/C19H18N2O6/c20-13-10-6-8-5-7-3-1-2-4-9(7)14(22)11(8)16(24)19(10,27)17(25)12(15(13)23)18(21)26/h1-4,8,10,13,22,25,27H,5-6,20H2,(H2,21,26)/t8-,10-,13-,19-/m0/s1. The number of hydrogen-bond acceptors (Lipinski definition) is 7. The number of fused-ring (bicyclic) bond motifs is 3. The summed E-state index contributed by atoms with van der Waals surface area (Å²) in [5.41, 5.74) is 8.88. The van der Waals surface area contributed by atoms with Crippen LogP contribution in [0.25, 0.3) is 5.76 Å². The zero-order valence-corrected chi connectivity index (χ0v) is 14.2. The third kappa shape index (κ3) is 2.08. The van der Waals surface area contributed by atoms with Gasteiger partial charge in [0.2, 0.25) is 5.78 Å². The summed E-state index contributed by atoms with van der Waals surface area (Å²) in [5.74, 6) is -6.12. The smallest absolute Gasteiger partial charge is 0.255 e. The van der Waals surface area contributed by atoms with E-state index in [1.54, 1.807) is 12.1 Å². The van der Waals surface area contributed by atoms with Gasteiger partial charge in [0.25, 0.3) is 5.91 Å². The SMILES string of the molecule is NC(=O)C1=C(O)[C@@]2(O)C(=O)C3=C(O)c4ccccc4C[C@H]3C[C@H]2[C@H](N)C1=O. The Kier molecular flexibility index (Phi) is 3.56. The van der Waals surface area contributed by atoms with Crippen LogP contribution in [-0.4, -0.2) is 44.4 Å². The van der Waals surface area contributed by atoms with Gasteiger partial charge in [0.1, 0.15) is 17.1 Å². The summed E-state index contributed by atoms with van der Waals surface area (Å²) in [7, 11) is 0. The topological polar surface area (TPSA) is 164 Å². The van der Waals surface area contributed by atoms with E-state index in [0.717, 1.165) is 5.56 Å². The number of benzene rings is 1. The predicted octanol–water partition coefficient (Wildman–Crippen LogP) is -0.345. The zero-order chi connectivity index (χ0) is 19.7. The molecule has 1 aromatic rings. The fraction of sp³-hybridized carbons (Fsp3) is 0.316. The summed E-state index contributed by atoms with van der Waals surface area (Å²) in [6, 6.07) is 5.61. The number of nitrogens with two attached hydrogens (primary N) is 2. The van der Waals surface area contributed by atoms with Crippen molar-refractivity contribution in [1.29, 1.82) is 0 Å². The highest BCUT2D eigenvalue weighted by Crippen LogP contribution is 2.50. The van der Waals surface area contributed by atoms with Gasteiger partial charge in [-0.15, -0.1) is 0 Å². The van der Waals surface area contributed by atoms with E-state index in [1.807, 2.05) is 12.1 Å². The third-order valence-electron chi connectivity index (χ3n) is 5.89. The average molecular weight is 370 g/mol. The van der Waals surface area contributed by atoms with Crippen molar-refractivity contribution in [2.45, 2.75) is 24.5 Å². The lowest BCUT2D eigenvalue weighted by molar-refractivity contribution is -0.149. The van der Waals surface area contributed by atoms with Crippen molar-refractivity contribution in [3.05, 3.63) is 52.3 Å². The van der Waals surface area contributed by atoms with Crippen molar-refractivity contribution in [2.75, 3.05) is 0 Å². The van der Waals surface area contributed by atoms with Crippen LogP contribution in [0.3, 0.4) is 0 Å². The summed E-state index contributed by atoms with van der Waals surface area (Å²) in [5, 5.41) is 32.2. The van der Waals surface area contributed by atoms with Gasteiger partial charge in [-0.1, -0.05) is 24.3 Å². The average Bonchev–Trinajstić information content (AvgIpc) is 2.62. The molecular weight excluding hydrogens is 352 g/mol. The van der Waals surface area contributed by atoms with Crippen LogP contribution in [-0.2, 0) is 20.8 Å². The molecule has 1 fully saturated rings. The maximum atomic E-state index is 13.2. The van der Waals surface area contributed by atoms with Gasteiger partial charge in [-0.25, -0.2) is 0 Å². The minimum Gasteiger partial charge on any atom is -0.508 e. The second kappa shape index (κ2) is 5.51. The summed E-state index contributed by atoms with van der Waals surface area (Å²) in [6.07, 6.45) is 0.501. The van der Waals surface area contributed by atoms with Crippen LogP contribution in [0.1, 0.15) is 17.5 Å². The molecule has 3 aliphatic rings. The number of carbonyl (C=O) groups excluding carboxylic acids is 3. The third-order valence-corrected chi connectivity index (χ3v) is 5.89. The summed E-state index contributed by atoms with van der Waals surface area (Å²) in [4.78, 5) is 37.2. The molecule has 3 aliphatic carbocycles. The molecule has 4 atom stereocenters. The molecule has 0 saturated heterocycles. The fourth-order valence-corrected chi connectivity index (χ4v) is 4.56. The first-order chi connectivity index (χ1) is 12.7. The Morgan fingerprint density at radius 3 is 2.52 bits per heavy atom. The lowest BCUT2D eigenvalue weighted by atomic mass is 9.58. The van der Waals surface area contributed by atoms with Crippen molar-refractivity contribution in [3.63, 3.8) is 0 Å². The van der Waals surface area contributed by atoms with Crippen molar-refractivity contribution in [2.24, 2.45) is 23.3 Å². The monoisotopic (exact) mass is 370 g/mol. The van der Waals surface area contributed by atoms with Crippen molar-refractivity contribution < 1.29 is 29.7 Å². The van der Waals surface area contributed by atoms with Gasteiger partial charge < -0.3 is 26.8 Å². The molecule has 0 unspecified atom stereocenters. The minimum atomic E-state index is -2.58. The van der Waals surface area contributed by atoms with E-state index in [0.29, 0.717) is 12.0 Å². The van der Waals surface area contributed by atoms with E-state index >= 15 is 0 Å². The highest BCUT2D eigenvalue weighted by Gasteiger charge is 2.62. The number of amides is 1. The fourth-order valence-electron chi connectivity index (χ4n) is 4.56. The minimum absolute atomic E-state index is 0.0376. The van der Waals surface area contributed by atoms with Crippen molar-refractivity contribution in [3.8, 4) is 0 Å². The molecule has 0 radical (unpaired) electrons. The molecule has 1 saturated carbocycles. The van der Waals surface area contributed by atoms with Gasteiger partial charge in [-0.05, 0) is 24.3 Å². The molecule has 0 spiro atoms. The second-order valence-electron chi connectivity index (χ2n) is 7.24. The molecule has 27 heavy (non-hydrogen) atoms. The van der Waals surface area contributed by atoms with Crippen LogP contribution in [0.5, 0.6) is 0 Å². The van der Waals surface area contributed by atoms with Gasteiger partial charge in [0.15, 0.2) is 11.4 Å². The van der Waals surface area contributed by atoms with Crippen LogP contribution in [0.2, 0.25) is 0 Å². The molecule has 0 heterocycles. The Balaban J connectivity index is 1.95. The number of hydrogen-bond donors (Lipinski definition) is 5. The molecule has 0 bridgehead atoms. The number of aliphatic hydroxyl groups is 3. The van der Waals surface area contributed by atoms with Gasteiger partial charge >= 0.3 is 0 Å². The molecular formula is C19H18N2O6. The van der Waals surface area contributed by atoms with E-state index in [2.05, 4.69) is 0 Å². The van der Waals surface area contributed by atoms with E-state index in [9.17, 15) is 29.7 Å². The molecule has 7 N–H and O–H groups in total. The zero-order valence-electron chi connectivity index (χ0n) is 14.2. The number of rotatable bonds is 1. The Morgan fingerprint density at radius 2 is 1.85 bits per heavy atom. The molecule has 1 aromatic carbocycles. The molecule has 8 heteroatoms. The summed E-state index contributed by atoms with van der Waals surface area (Å²) in [6.45, 7) is 0. The first-order valence-electron chi connectivity index (χ1n) is 8.51. The van der Waals surface area contributed by atoms with E-state index < -0.39 is 52.3 Å². The first-order valence-corrected chi connectivity index (χ1v) is 8.51. The van der Waals surface area contributed by atoms with Crippen LogP contribution in [0, 0.1) is 11.8 Å². The van der Waals surface area contributed by atoms with Crippen LogP contribution >= 0.6 is 0 Å². The molecule has 0 aromatic heterocycles. The van der Waals surface area contributed by atoms with Crippen molar-refractivity contribution in [1.82, 2.24) is 0 Å². The summed E-state index contributed by atoms with van der Waals surface area (Å²) >= 11 is 0. The normalized spacial score (nSPS) is 32.7. The van der Waals surface area contributed by atoms with E-state index in [4.69, 9.17) is 11.5 Å². The molecule has 8 nitrogen and oxygen atoms in total. The summed E-state index contributed by atoms with van der Waals surface area (Å²) < 4.78 is 0. The van der Waals surface area contributed by atoms with Crippen LogP contribution < -0.4 is 11.5 Å². The highest BCUT2D eigenvalue weighted by atomic mass is 16.3. The maximum Gasteiger partial charge on any atom is 0.255 e. The van der Waals surface area contributed by atoms with Gasteiger partial charge in [0, 0.05) is 17.1 Å². The van der Waals surface area contributed by atoms with Gasteiger partial charge in [-0.3, -0.25) is 14.4 Å². The number of Topliss-reactive ketones (excluding diaryl/α,β-unsaturated/α-hetero) is 2. The van der Waals surface area contributed by atoms with Crippen molar-refractivity contribution >= 4 is 23.2 Å². The molecule has 1 amide bonds. The Morgan fingerprint density at radius 1 is 1.19 bits per heavy atom. The van der Waals surface area contributed by atoms with Crippen LogP contribution in [0.15, 0.2) is 41.2 Å². The second-order valence-corrected chi connectivity index (χ2v) is 7.24. The van der Waals surface area contributed by atoms with Gasteiger partial charge in [-0.2, -0.15) is 0 Å². The maximum absolute atomic E-state index is 13.2. The predicted molar refractivity (Wildman–Crippen MR) is 93.1 cm³/mol.